The van der Waals surface area contributed by atoms with Gasteiger partial charge in [0.2, 0.25) is 0 Å². The van der Waals surface area contributed by atoms with Crippen LogP contribution in [0.3, 0.4) is 0 Å². The molecule has 1 aliphatic rings. The maximum Gasteiger partial charge on any atom is 0.0559 e. The molecule has 0 radical (unpaired) electrons. The third-order valence-electron chi connectivity index (χ3n) is 4.28. The van der Waals surface area contributed by atoms with E-state index in [0.717, 1.165) is 19.5 Å². The Morgan fingerprint density at radius 1 is 1.45 bits per heavy atom. The Bertz CT molecular complexity index is 399. The summed E-state index contributed by atoms with van der Waals surface area (Å²) in [5.41, 5.74) is 1.39. The number of piperidine rings is 1. The Kier molecular flexibility index (Phi) is 5.61. The van der Waals surface area contributed by atoms with Crippen LogP contribution in [0.4, 0.5) is 0 Å². The van der Waals surface area contributed by atoms with Crippen LogP contribution in [-0.4, -0.2) is 40.9 Å². The van der Waals surface area contributed by atoms with Crippen LogP contribution >= 0.6 is 0 Å². The van der Waals surface area contributed by atoms with Gasteiger partial charge in [-0.2, -0.15) is 5.10 Å². The molecule has 1 aromatic heterocycles. The molecule has 20 heavy (non-hydrogen) atoms. The van der Waals surface area contributed by atoms with Gasteiger partial charge in [0.1, 0.15) is 0 Å². The summed E-state index contributed by atoms with van der Waals surface area (Å²) in [6, 6.07) is 3.28. The third kappa shape index (κ3) is 3.61. The van der Waals surface area contributed by atoms with Gasteiger partial charge in [0.05, 0.1) is 11.7 Å². The quantitative estimate of drug-likeness (QED) is 0.868. The molecule has 0 saturated carbocycles. The van der Waals surface area contributed by atoms with Crippen LogP contribution in [0.1, 0.15) is 51.8 Å². The van der Waals surface area contributed by atoms with Crippen LogP contribution in [0.2, 0.25) is 0 Å². The van der Waals surface area contributed by atoms with Crippen molar-refractivity contribution in [2.45, 2.75) is 58.7 Å². The molecule has 1 aliphatic heterocycles. The van der Waals surface area contributed by atoms with Crippen molar-refractivity contribution in [3.8, 4) is 0 Å². The Labute approximate surface area is 123 Å². The first-order chi connectivity index (χ1) is 9.63. The Balaban J connectivity index is 2.16. The van der Waals surface area contributed by atoms with E-state index in [0.29, 0.717) is 18.0 Å². The summed E-state index contributed by atoms with van der Waals surface area (Å²) in [5, 5.41) is 8.14. The molecule has 0 bridgehead atoms. The summed E-state index contributed by atoms with van der Waals surface area (Å²) in [6.07, 6.45) is 5.71. The lowest BCUT2D eigenvalue weighted by atomic mass is 9.87. The highest BCUT2D eigenvalue weighted by Crippen LogP contribution is 2.34. The van der Waals surface area contributed by atoms with E-state index < -0.39 is 0 Å². The van der Waals surface area contributed by atoms with Crippen molar-refractivity contribution in [2.75, 3.05) is 20.1 Å². The molecule has 0 aliphatic carbocycles. The van der Waals surface area contributed by atoms with E-state index in [9.17, 15) is 0 Å². The maximum atomic E-state index is 4.51. The highest BCUT2D eigenvalue weighted by molar-refractivity contribution is 5.10. The van der Waals surface area contributed by atoms with Gasteiger partial charge >= 0.3 is 0 Å². The van der Waals surface area contributed by atoms with Gasteiger partial charge in [-0.25, -0.2) is 0 Å². The Morgan fingerprint density at radius 3 is 2.95 bits per heavy atom. The summed E-state index contributed by atoms with van der Waals surface area (Å²) < 4.78 is 2.20. The lowest BCUT2D eigenvalue weighted by molar-refractivity contribution is 0.110. The minimum Gasteiger partial charge on any atom is -0.314 e. The van der Waals surface area contributed by atoms with E-state index in [1.165, 1.54) is 25.1 Å². The molecule has 0 aromatic carbocycles. The van der Waals surface area contributed by atoms with E-state index in [2.05, 4.69) is 53.9 Å². The lowest BCUT2D eigenvalue weighted by Gasteiger charge is -2.40. The molecule has 1 saturated heterocycles. The molecule has 2 atom stereocenters. The second-order valence-electron chi connectivity index (χ2n) is 6.37. The van der Waals surface area contributed by atoms with Gasteiger partial charge in [-0.05, 0) is 44.8 Å². The average Bonchev–Trinajstić information content (AvgIpc) is 2.85. The van der Waals surface area contributed by atoms with Crippen molar-refractivity contribution in [1.29, 1.82) is 0 Å². The third-order valence-corrected chi connectivity index (χ3v) is 4.28. The number of hydrogen-bond acceptors (Lipinski definition) is 3. The number of aromatic nitrogens is 2. The van der Waals surface area contributed by atoms with E-state index >= 15 is 0 Å². The van der Waals surface area contributed by atoms with E-state index in [4.69, 9.17) is 0 Å². The zero-order valence-electron chi connectivity index (χ0n) is 13.5. The number of rotatable bonds is 6. The summed E-state index contributed by atoms with van der Waals surface area (Å²) in [6.45, 7) is 9.99. The summed E-state index contributed by atoms with van der Waals surface area (Å²) >= 11 is 0. The van der Waals surface area contributed by atoms with Gasteiger partial charge < -0.3 is 5.32 Å². The van der Waals surface area contributed by atoms with E-state index in [1.54, 1.807) is 0 Å². The van der Waals surface area contributed by atoms with Crippen LogP contribution in [0, 0.1) is 5.92 Å². The normalized spacial score (nSPS) is 24.4. The molecule has 0 spiro atoms. The minimum absolute atomic E-state index is 0.504. The summed E-state index contributed by atoms with van der Waals surface area (Å²) in [4.78, 5) is 2.51. The number of aryl methyl sites for hydroxylation is 1. The largest absolute Gasteiger partial charge is 0.314 e. The number of likely N-dealkylation sites (tertiary alicyclic amines) is 1. The summed E-state index contributed by atoms with van der Waals surface area (Å²) in [5.74, 6) is 0.684. The highest BCUT2D eigenvalue weighted by atomic mass is 15.3. The molecule has 1 fully saturated rings. The van der Waals surface area contributed by atoms with Crippen molar-refractivity contribution >= 4 is 0 Å². The molecule has 2 rings (SSSR count). The Morgan fingerprint density at radius 2 is 2.25 bits per heavy atom. The fourth-order valence-corrected chi connectivity index (χ4v) is 3.32. The second-order valence-corrected chi connectivity index (χ2v) is 6.37. The molecule has 0 amide bonds. The first-order valence-corrected chi connectivity index (χ1v) is 8.08. The number of nitrogens with zero attached hydrogens (tertiary/aromatic N) is 3. The van der Waals surface area contributed by atoms with Crippen LogP contribution in [-0.2, 0) is 6.54 Å². The SMILES string of the molecule is CCCn1nccc1C1C(CNC(C)C)CCCN1C. The van der Waals surface area contributed by atoms with Crippen LogP contribution in [0.5, 0.6) is 0 Å². The van der Waals surface area contributed by atoms with Gasteiger partial charge in [0, 0.05) is 25.3 Å². The Hall–Kier alpha value is -0.870. The van der Waals surface area contributed by atoms with Crippen LogP contribution < -0.4 is 5.32 Å². The molecule has 2 unspecified atom stereocenters. The van der Waals surface area contributed by atoms with Gasteiger partial charge in [-0.15, -0.1) is 0 Å². The average molecular weight is 278 g/mol. The molecule has 4 nitrogen and oxygen atoms in total. The fourth-order valence-electron chi connectivity index (χ4n) is 3.32. The smallest absolute Gasteiger partial charge is 0.0559 e. The van der Waals surface area contributed by atoms with Gasteiger partial charge in [0.25, 0.3) is 0 Å². The van der Waals surface area contributed by atoms with Crippen molar-refractivity contribution in [1.82, 2.24) is 20.0 Å². The van der Waals surface area contributed by atoms with Crippen LogP contribution in [0.25, 0.3) is 0 Å². The molecular formula is C16H30N4. The van der Waals surface area contributed by atoms with Crippen molar-refractivity contribution in [2.24, 2.45) is 5.92 Å². The van der Waals surface area contributed by atoms with E-state index in [1.807, 2.05) is 6.20 Å². The topological polar surface area (TPSA) is 33.1 Å². The first kappa shape index (κ1) is 15.5. The van der Waals surface area contributed by atoms with E-state index in [-0.39, 0.29) is 0 Å². The van der Waals surface area contributed by atoms with Gasteiger partial charge in [0.15, 0.2) is 0 Å². The maximum absolute atomic E-state index is 4.51. The van der Waals surface area contributed by atoms with Crippen molar-refractivity contribution in [3.63, 3.8) is 0 Å². The standard InChI is InChI=1S/C16H30N4/c1-5-10-20-15(8-9-18-20)16-14(12-17-13(2)3)7-6-11-19(16)4/h8-9,13-14,16-17H,5-7,10-12H2,1-4H3. The lowest BCUT2D eigenvalue weighted by Crippen LogP contribution is -2.42. The van der Waals surface area contributed by atoms with Gasteiger partial charge in [-0.1, -0.05) is 20.8 Å². The number of hydrogen-bond donors (Lipinski definition) is 1. The first-order valence-electron chi connectivity index (χ1n) is 8.08. The van der Waals surface area contributed by atoms with Crippen molar-refractivity contribution in [3.05, 3.63) is 18.0 Å². The molecule has 2 heterocycles. The molecule has 4 heteroatoms. The van der Waals surface area contributed by atoms with Crippen LogP contribution in [0.15, 0.2) is 12.3 Å². The summed E-state index contributed by atoms with van der Waals surface area (Å²) in [7, 11) is 2.26. The monoisotopic (exact) mass is 278 g/mol. The zero-order chi connectivity index (χ0) is 14.5. The molecule has 1 N–H and O–H groups in total. The zero-order valence-corrected chi connectivity index (χ0v) is 13.5. The molecule has 1 aromatic rings. The predicted molar refractivity (Wildman–Crippen MR) is 83.8 cm³/mol. The fraction of sp³-hybridized carbons (Fsp3) is 0.812. The molecular weight excluding hydrogens is 248 g/mol. The highest BCUT2D eigenvalue weighted by Gasteiger charge is 2.32. The van der Waals surface area contributed by atoms with Crippen molar-refractivity contribution < 1.29 is 0 Å². The molecule has 114 valence electrons. The predicted octanol–water partition coefficient (Wildman–Crippen LogP) is 2.67. The number of nitrogens with one attached hydrogen (secondary N) is 1. The second kappa shape index (κ2) is 7.23. The minimum atomic E-state index is 0.504. The van der Waals surface area contributed by atoms with Gasteiger partial charge in [-0.3, -0.25) is 9.58 Å².